The highest BCUT2D eigenvalue weighted by Gasteiger charge is 2.57. The monoisotopic (exact) mass is 274 g/mol. The number of nitrogens with zero attached hydrogens (tertiary/aromatic N) is 3. The molecular weight excluding hydrogens is 260 g/mol. The van der Waals surface area contributed by atoms with Gasteiger partial charge in [0, 0.05) is 6.20 Å². The van der Waals surface area contributed by atoms with Crippen molar-refractivity contribution in [3.63, 3.8) is 0 Å². The third kappa shape index (κ3) is 1.77. The van der Waals surface area contributed by atoms with E-state index in [1.807, 2.05) is 0 Å². The minimum absolute atomic E-state index is 0.0347. The second-order valence-corrected chi connectivity index (χ2v) is 5.24. The number of amides is 4. The summed E-state index contributed by atoms with van der Waals surface area (Å²) >= 11 is 0. The summed E-state index contributed by atoms with van der Waals surface area (Å²) in [6.07, 6.45) is 4.93. The van der Waals surface area contributed by atoms with Gasteiger partial charge in [0.15, 0.2) is 0 Å². The number of rotatable bonds is 2. The van der Waals surface area contributed by atoms with Crippen LogP contribution in [0.1, 0.15) is 30.7 Å². The largest absolute Gasteiger partial charge is 0.331 e. The molecule has 1 aromatic rings. The predicted molar refractivity (Wildman–Crippen MR) is 67.1 cm³/mol. The standard InChI is InChI=1S/C13H14N4O3/c1-8-5-15-9(6-14-8)7-17-11(19)13(3-2-4-13)10(18)16-12(17)20/h5-6H,2-4,7H2,1H3,(H,16,18,20). The number of barbiturate groups is 1. The maximum atomic E-state index is 12.4. The van der Waals surface area contributed by atoms with Crippen LogP contribution in [0, 0.1) is 12.3 Å². The van der Waals surface area contributed by atoms with Crippen molar-refractivity contribution in [2.24, 2.45) is 5.41 Å². The fraction of sp³-hybridized carbons (Fsp3) is 0.462. The molecule has 1 saturated carbocycles. The molecule has 0 radical (unpaired) electrons. The molecule has 1 spiro atoms. The Labute approximate surface area is 115 Å². The normalized spacial score (nSPS) is 20.9. The van der Waals surface area contributed by atoms with E-state index in [0.29, 0.717) is 18.5 Å². The third-order valence-electron chi connectivity index (χ3n) is 3.92. The van der Waals surface area contributed by atoms with Gasteiger partial charge in [-0.1, -0.05) is 6.42 Å². The molecule has 7 heteroatoms. The Bertz CT molecular complexity index is 592. The molecule has 1 aromatic heterocycles. The first-order valence-corrected chi connectivity index (χ1v) is 6.48. The molecular formula is C13H14N4O3. The molecule has 104 valence electrons. The molecule has 0 unspecified atom stereocenters. The highest BCUT2D eigenvalue weighted by Crippen LogP contribution is 2.44. The molecule has 2 heterocycles. The van der Waals surface area contributed by atoms with Gasteiger partial charge in [0.05, 0.1) is 24.1 Å². The first kappa shape index (κ1) is 12.7. The lowest BCUT2D eigenvalue weighted by atomic mass is 9.66. The van der Waals surface area contributed by atoms with Gasteiger partial charge in [0.1, 0.15) is 5.41 Å². The van der Waals surface area contributed by atoms with E-state index in [0.717, 1.165) is 17.0 Å². The van der Waals surface area contributed by atoms with E-state index in [1.165, 1.54) is 6.20 Å². The summed E-state index contributed by atoms with van der Waals surface area (Å²) in [6, 6.07) is -0.681. The topological polar surface area (TPSA) is 92.3 Å². The minimum atomic E-state index is -1.04. The van der Waals surface area contributed by atoms with E-state index in [1.54, 1.807) is 13.1 Å². The van der Waals surface area contributed by atoms with E-state index in [4.69, 9.17) is 0 Å². The van der Waals surface area contributed by atoms with Crippen LogP contribution in [0.15, 0.2) is 12.4 Å². The van der Waals surface area contributed by atoms with Gasteiger partial charge >= 0.3 is 6.03 Å². The van der Waals surface area contributed by atoms with Crippen LogP contribution in [0.25, 0.3) is 0 Å². The third-order valence-corrected chi connectivity index (χ3v) is 3.92. The van der Waals surface area contributed by atoms with Crippen molar-refractivity contribution in [3.8, 4) is 0 Å². The van der Waals surface area contributed by atoms with E-state index in [9.17, 15) is 14.4 Å². The number of nitrogens with one attached hydrogen (secondary N) is 1. The van der Waals surface area contributed by atoms with Gasteiger partial charge in [0.2, 0.25) is 11.8 Å². The van der Waals surface area contributed by atoms with Crippen molar-refractivity contribution in [3.05, 3.63) is 23.8 Å². The average Bonchev–Trinajstić information content (AvgIpc) is 2.35. The van der Waals surface area contributed by atoms with Gasteiger partial charge in [-0.3, -0.25) is 29.8 Å². The van der Waals surface area contributed by atoms with Crippen molar-refractivity contribution in [2.75, 3.05) is 0 Å². The number of imide groups is 2. The Morgan fingerprint density at radius 2 is 2.00 bits per heavy atom. The molecule has 0 bridgehead atoms. The highest BCUT2D eigenvalue weighted by molar-refractivity contribution is 6.19. The van der Waals surface area contributed by atoms with Crippen LogP contribution in [0.4, 0.5) is 4.79 Å². The Kier molecular flexibility index (Phi) is 2.77. The zero-order valence-electron chi connectivity index (χ0n) is 11.0. The number of carbonyl (C=O) groups excluding carboxylic acids is 3. The molecule has 4 amide bonds. The number of aryl methyl sites for hydroxylation is 1. The lowest BCUT2D eigenvalue weighted by Crippen LogP contribution is -2.65. The second-order valence-electron chi connectivity index (χ2n) is 5.24. The van der Waals surface area contributed by atoms with Crippen LogP contribution in [0.2, 0.25) is 0 Å². The SMILES string of the molecule is Cc1cnc(CN2C(=O)NC(=O)C3(CCC3)C2=O)cn1. The Morgan fingerprint density at radius 3 is 2.55 bits per heavy atom. The molecule has 2 fully saturated rings. The van der Waals surface area contributed by atoms with Crippen LogP contribution >= 0.6 is 0 Å². The van der Waals surface area contributed by atoms with Crippen LogP contribution in [-0.2, 0) is 16.1 Å². The van der Waals surface area contributed by atoms with E-state index >= 15 is 0 Å². The zero-order chi connectivity index (χ0) is 14.3. The van der Waals surface area contributed by atoms with Crippen LogP contribution in [-0.4, -0.2) is 32.7 Å². The number of hydrogen-bond acceptors (Lipinski definition) is 5. The molecule has 3 rings (SSSR count). The van der Waals surface area contributed by atoms with Gasteiger partial charge in [-0.15, -0.1) is 0 Å². The molecule has 2 aliphatic rings. The first-order valence-electron chi connectivity index (χ1n) is 6.48. The lowest BCUT2D eigenvalue weighted by Gasteiger charge is -2.44. The average molecular weight is 274 g/mol. The van der Waals surface area contributed by atoms with Gasteiger partial charge in [-0.05, 0) is 19.8 Å². The van der Waals surface area contributed by atoms with Gasteiger partial charge in [-0.2, -0.15) is 0 Å². The molecule has 0 atom stereocenters. The van der Waals surface area contributed by atoms with Gasteiger partial charge < -0.3 is 0 Å². The van der Waals surface area contributed by atoms with Crippen molar-refractivity contribution in [1.29, 1.82) is 0 Å². The fourth-order valence-corrected chi connectivity index (χ4v) is 2.51. The zero-order valence-corrected chi connectivity index (χ0v) is 11.0. The number of urea groups is 1. The van der Waals surface area contributed by atoms with Crippen molar-refractivity contribution < 1.29 is 14.4 Å². The van der Waals surface area contributed by atoms with Gasteiger partial charge in [0.25, 0.3) is 0 Å². The number of aromatic nitrogens is 2. The smallest absolute Gasteiger partial charge is 0.277 e. The number of carbonyl (C=O) groups is 3. The van der Waals surface area contributed by atoms with Gasteiger partial charge in [-0.25, -0.2) is 4.79 Å². The van der Waals surface area contributed by atoms with Crippen molar-refractivity contribution in [1.82, 2.24) is 20.2 Å². The van der Waals surface area contributed by atoms with E-state index in [2.05, 4.69) is 15.3 Å². The summed E-state index contributed by atoms with van der Waals surface area (Å²) in [5.74, 6) is -0.884. The van der Waals surface area contributed by atoms with Crippen molar-refractivity contribution >= 4 is 17.8 Å². The molecule has 1 saturated heterocycles. The lowest BCUT2D eigenvalue weighted by molar-refractivity contribution is -0.158. The Balaban J connectivity index is 1.84. The summed E-state index contributed by atoms with van der Waals surface area (Å²) in [5.41, 5.74) is 0.239. The summed E-state index contributed by atoms with van der Waals surface area (Å²) < 4.78 is 0. The minimum Gasteiger partial charge on any atom is -0.277 e. The van der Waals surface area contributed by atoms with Crippen molar-refractivity contribution in [2.45, 2.75) is 32.7 Å². The van der Waals surface area contributed by atoms with Crippen LogP contribution < -0.4 is 5.32 Å². The van der Waals surface area contributed by atoms with E-state index in [-0.39, 0.29) is 6.54 Å². The summed E-state index contributed by atoms with van der Waals surface area (Å²) in [6.45, 7) is 1.84. The first-order chi connectivity index (χ1) is 9.53. The summed E-state index contributed by atoms with van der Waals surface area (Å²) in [5, 5.41) is 2.26. The predicted octanol–water partition coefficient (Wildman–Crippen LogP) is 0.534. The molecule has 0 aromatic carbocycles. The molecule has 1 aliphatic carbocycles. The second kappa shape index (κ2) is 4.36. The molecule has 1 aliphatic heterocycles. The molecule has 1 N–H and O–H groups in total. The van der Waals surface area contributed by atoms with Crippen LogP contribution in [0.3, 0.4) is 0 Å². The molecule has 7 nitrogen and oxygen atoms in total. The Hall–Kier alpha value is -2.31. The summed E-state index contributed by atoms with van der Waals surface area (Å²) in [7, 11) is 0. The number of hydrogen-bond donors (Lipinski definition) is 1. The van der Waals surface area contributed by atoms with E-state index < -0.39 is 23.3 Å². The highest BCUT2D eigenvalue weighted by atomic mass is 16.2. The maximum Gasteiger partial charge on any atom is 0.331 e. The Morgan fingerprint density at radius 1 is 1.25 bits per heavy atom. The quantitative estimate of drug-likeness (QED) is 0.794. The fourth-order valence-electron chi connectivity index (χ4n) is 2.51. The maximum absolute atomic E-state index is 12.4. The van der Waals surface area contributed by atoms with Crippen LogP contribution in [0.5, 0.6) is 0 Å². The summed E-state index contributed by atoms with van der Waals surface area (Å²) in [4.78, 5) is 45.4. The molecule has 20 heavy (non-hydrogen) atoms.